The third-order valence-electron chi connectivity index (χ3n) is 3.47. The Hall–Kier alpha value is -2.90. The number of hydrogen-bond donors (Lipinski definition) is 1. The van der Waals surface area contributed by atoms with Gasteiger partial charge in [0, 0.05) is 26.5 Å². The maximum atomic E-state index is 12.3. The second-order valence-electron chi connectivity index (χ2n) is 4.77. The average molecular weight is 287 g/mol. The van der Waals surface area contributed by atoms with Crippen LogP contribution in [0.3, 0.4) is 0 Å². The summed E-state index contributed by atoms with van der Waals surface area (Å²) in [5, 5.41) is 0. The van der Waals surface area contributed by atoms with Gasteiger partial charge in [0.05, 0.1) is 6.54 Å². The highest BCUT2D eigenvalue weighted by atomic mass is 16.2. The number of aryl methyl sites for hydroxylation is 1. The Morgan fingerprint density at radius 2 is 1.76 bits per heavy atom. The molecule has 0 atom stereocenters. The van der Waals surface area contributed by atoms with E-state index in [0.29, 0.717) is 0 Å². The van der Waals surface area contributed by atoms with Crippen LogP contribution in [0.25, 0.3) is 11.2 Å². The minimum atomic E-state index is -0.500. The molecule has 0 radical (unpaired) electrons. The zero-order valence-corrected chi connectivity index (χ0v) is 11.5. The Morgan fingerprint density at radius 1 is 1.10 bits per heavy atom. The third-order valence-corrected chi connectivity index (χ3v) is 3.47. The largest absolute Gasteiger partial charge is 0.332 e. The molecule has 3 heterocycles. The summed E-state index contributed by atoms with van der Waals surface area (Å²) in [6.45, 7) is 0.231. The van der Waals surface area contributed by atoms with Gasteiger partial charge in [0.15, 0.2) is 5.52 Å². The van der Waals surface area contributed by atoms with Crippen molar-refractivity contribution < 1.29 is 0 Å². The van der Waals surface area contributed by atoms with E-state index in [1.165, 1.54) is 23.2 Å². The number of nitrogens with zero attached hydrogens (tertiary/aromatic N) is 4. The Labute approximate surface area is 117 Å². The summed E-state index contributed by atoms with van der Waals surface area (Å²) in [6.07, 6.45) is 3.23. The molecule has 0 amide bonds. The van der Waals surface area contributed by atoms with Crippen molar-refractivity contribution in [1.29, 1.82) is 0 Å². The Morgan fingerprint density at radius 3 is 2.43 bits per heavy atom. The van der Waals surface area contributed by atoms with Crippen molar-refractivity contribution in [2.75, 3.05) is 0 Å². The number of fused-ring (bicyclic) bond motifs is 1. The standard InChI is InChI=1S/C13H13N5O3/c1-16-10-9(11(19)17(2)13(16)21)18(12(20)15-10)7-8-3-5-14-6-4-8/h3-6H,7H2,1-2H3,(H,15,20). The van der Waals surface area contributed by atoms with Crippen molar-refractivity contribution in [2.24, 2.45) is 14.1 Å². The number of imidazole rings is 1. The van der Waals surface area contributed by atoms with Crippen LogP contribution in [-0.2, 0) is 20.6 Å². The average Bonchev–Trinajstić information content (AvgIpc) is 2.81. The van der Waals surface area contributed by atoms with Crippen LogP contribution in [0, 0.1) is 0 Å². The lowest BCUT2D eigenvalue weighted by Gasteiger charge is -2.06. The first-order valence-corrected chi connectivity index (χ1v) is 6.28. The van der Waals surface area contributed by atoms with E-state index in [0.717, 1.165) is 10.1 Å². The second-order valence-corrected chi connectivity index (χ2v) is 4.77. The van der Waals surface area contributed by atoms with E-state index >= 15 is 0 Å². The van der Waals surface area contributed by atoms with Gasteiger partial charge >= 0.3 is 11.4 Å². The van der Waals surface area contributed by atoms with E-state index < -0.39 is 16.9 Å². The van der Waals surface area contributed by atoms with Gasteiger partial charge in [-0.1, -0.05) is 0 Å². The molecule has 8 heteroatoms. The van der Waals surface area contributed by atoms with Crippen LogP contribution >= 0.6 is 0 Å². The topological polar surface area (TPSA) is 94.7 Å². The van der Waals surface area contributed by atoms with E-state index in [1.807, 2.05) is 0 Å². The first-order valence-electron chi connectivity index (χ1n) is 6.28. The van der Waals surface area contributed by atoms with Crippen LogP contribution in [0.2, 0.25) is 0 Å². The van der Waals surface area contributed by atoms with E-state index in [2.05, 4.69) is 9.97 Å². The predicted molar refractivity (Wildman–Crippen MR) is 76.4 cm³/mol. The van der Waals surface area contributed by atoms with Gasteiger partial charge in [-0.2, -0.15) is 0 Å². The number of hydrogen-bond acceptors (Lipinski definition) is 4. The molecule has 3 aromatic heterocycles. The van der Waals surface area contributed by atoms with Crippen LogP contribution in [0.5, 0.6) is 0 Å². The van der Waals surface area contributed by atoms with Crippen LogP contribution in [0.15, 0.2) is 38.9 Å². The maximum Gasteiger partial charge on any atom is 0.332 e. The quantitative estimate of drug-likeness (QED) is 0.665. The van der Waals surface area contributed by atoms with Crippen molar-refractivity contribution in [3.05, 3.63) is 61.4 Å². The molecule has 21 heavy (non-hydrogen) atoms. The normalized spacial score (nSPS) is 11.1. The van der Waals surface area contributed by atoms with Crippen LogP contribution in [-0.4, -0.2) is 23.7 Å². The molecular formula is C13H13N5O3. The van der Waals surface area contributed by atoms with Crippen molar-refractivity contribution in [3.8, 4) is 0 Å². The number of H-pyrrole nitrogens is 1. The Balaban J connectivity index is 2.35. The van der Waals surface area contributed by atoms with Gasteiger partial charge in [0.2, 0.25) is 0 Å². The number of aromatic amines is 1. The molecule has 0 saturated carbocycles. The number of pyridine rings is 1. The van der Waals surface area contributed by atoms with Gasteiger partial charge in [-0.25, -0.2) is 9.59 Å². The molecule has 3 rings (SSSR count). The smallest absolute Gasteiger partial charge is 0.291 e. The molecule has 108 valence electrons. The van der Waals surface area contributed by atoms with Crippen molar-refractivity contribution in [2.45, 2.75) is 6.54 Å². The van der Waals surface area contributed by atoms with E-state index in [9.17, 15) is 14.4 Å². The number of aromatic nitrogens is 5. The van der Waals surface area contributed by atoms with Gasteiger partial charge in [-0.3, -0.25) is 28.5 Å². The highest BCUT2D eigenvalue weighted by molar-refractivity contribution is 5.70. The van der Waals surface area contributed by atoms with Gasteiger partial charge in [0.25, 0.3) is 5.56 Å². The second kappa shape index (κ2) is 4.58. The van der Waals surface area contributed by atoms with Crippen LogP contribution in [0.4, 0.5) is 0 Å². The molecule has 0 aromatic carbocycles. The predicted octanol–water partition coefficient (Wildman–Crippen LogP) is -0.830. The molecule has 0 aliphatic heterocycles. The van der Waals surface area contributed by atoms with Crippen molar-refractivity contribution in [3.63, 3.8) is 0 Å². The Kier molecular flexibility index (Phi) is 2.86. The lowest BCUT2D eigenvalue weighted by atomic mass is 10.2. The summed E-state index contributed by atoms with van der Waals surface area (Å²) >= 11 is 0. The molecule has 0 bridgehead atoms. The summed E-state index contributed by atoms with van der Waals surface area (Å²) in [7, 11) is 2.90. The first-order chi connectivity index (χ1) is 10.0. The minimum absolute atomic E-state index is 0.182. The van der Waals surface area contributed by atoms with Crippen LogP contribution in [0.1, 0.15) is 5.56 Å². The monoisotopic (exact) mass is 287 g/mol. The van der Waals surface area contributed by atoms with Gasteiger partial charge < -0.3 is 0 Å². The highest BCUT2D eigenvalue weighted by Crippen LogP contribution is 2.05. The van der Waals surface area contributed by atoms with Crippen molar-refractivity contribution in [1.82, 2.24) is 23.7 Å². The lowest BCUT2D eigenvalue weighted by Crippen LogP contribution is -2.37. The van der Waals surface area contributed by atoms with E-state index in [-0.39, 0.29) is 17.7 Å². The van der Waals surface area contributed by atoms with Gasteiger partial charge in [-0.15, -0.1) is 0 Å². The van der Waals surface area contributed by atoms with E-state index in [4.69, 9.17) is 0 Å². The summed E-state index contributed by atoms with van der Waals surface area (Å²) in [6, 6.07) is 3.52. The molecule has 0 saturated heterocycles. The summed E-state index contributed by atoms with van der Waals surface area (Å²) in [5.74, 6) is 0. The van der Waals surface area contributed by atoms with Crippen molar-refractivity contribution >= 4 is 11.2 Å². The van der Waals surface area contributed by atoms with E-state index in [1.54, 1.807) is 24.5 Å². The fourth-order valence-corrected chi connectivity index (χ4v) is 2.30. The number of nitrogens with one attached hydrogen (secondary N) is 1. The summed E-state index contributed by atoms with van der Waals surface area (Å²) < 4.78 is 3.56. The van der Waals surface area contributed by atoms with Gasteiger partial charge in [-0.05, 0) is 17.7 Å². The zero-order valence-electron chi connectivity index (χ0n) is 11.5. The molecule has 3 aromatic rings. The summed E-state index contributed by atoms with van der Waals surface area (Å²) in [5.41, 5.74) is -0.169. The fourth-order valence-electron chi connectivity index (χ4n) is 2.30. The first kappa shape index (κ1) is 13.1. The molecule has 0 aliphatic rings. The molecular weight excluding hydrogens is 274 g/mol. The molecule has 0 fully saturated rings. The molecule has 0 aliphatic carbocycles. The fraction of sp³-hybridized carbons (Fsp3) is 0.231. The molecule has 0 unspecified atom stereocenters. The molecule has 1 N–H and O–H groups in total. The lowest BCUT2D eigenvalue weighted by molar-refractivity contribution is 0.701. The summed E-state index contributed by atoms with van der Waals surface area (Å²) in [4.78, 5) is 42.7. The third kappa shape index (κ3) is 1.92. The van der Waals surface area contributed by atoms with Gasteiger partial charge in [0.1, 0.15) is 5.65 Å². The zero-order chi connectivity index (χ0) is 15.1. The molecule has 8 nitrogen and oxygen atoms in total. The van der Waals surface area contributed by atoms with Crippen LogP contribution < -0.4 is 16.9 Å². The molecule has 0 spiro atoms. The minimum Gasteiger partial charge on any atom is -0.291 e. The SMILES string of the molecule is Cn1c(=O)c2c([nH]c(=O)n2Cc2ccncc2)n(C)c1=O. The maximum absolute atomic E-state index is 12.3. The Bertz CT molecular complexity index is 991. The highest BCUT2D eigenvalue weighted by Gasteiger charge is 2.16. The number of rotatable bonds is 2.